The highest BCUT2D eigenvalue weighted by Crippen LogP contribution is 2.21. The van der Waals surface area contributed by atoms with Crippen LogP contribution in [0.25, 0.3) is 0 Å². The number of hydrogen-bond acceptors (Lipinski definition) is 2. The van der Waals surface area contributed by atoms with Crippen LogP contribution in [0.3, 0.4) is 0 Å². The van der Waals surface area contributed by atoms with E-state index < -0.39 is 0 Å². The average molecular weight is 255 g/mol. The molecule has 100 valence electrons. The van der Waals surface area contributed by atoms with Gasteiger partial charge in [-0.1, -0.05) is 42.0 Å². The van der Waals surface area contributed by atoms with E-state index in [0.29, 0.717) is 0 Å². The van der Waals surface area contributed by atoms with Crippen molar-refractivity contribution in [3.63, 3.8) is 0 Å². The Labute approximate surface area is 115 Å². The molecule has 2 heteroatoms. The van der Waals surface area contributed by atoms with Gasteiger partial charge < -0.3 is 10.5 Å². The van der Waals surface area contributed by atoms with Gasteiger partial charge in [-0.25, -0.2) is 0 Å². The van der Waals surface area contributed by atoms with Crippen molar-refractivity contribution in [3.8, 4) is 5.75 Å². The molecule has 19 heavy (non-hydrogen) atoms. The molecule has 0 bridgehead atoms. The average Bonchev–Trinajstić information content (AvgIpc) is 2.46. The summed E-state index contributed by atoms with van der Waals surface area (Å²) in [6.45, 7) is 2.10. The van der Waals surface area contributed by atoms with Crippen LogP contribution in [0.1, 0.15) is 29.2 Å². The summed E-state index contributed by atoms with van der Waals surface area (Å²) in [5, 5.41) is 0. The first-order valence-corrected chi connectivity index (χ1v) is 6.64. The molecule has 2 N–H and O–H groups in total. The van der Waals surface area contributed by atoms with Crippen LogP contribution in [-0.2, 0) is 6.42 Å². The van der Waals surface area contributed by atoms with Crippen LogP contribution in [0.4, 0.5) is 0 Å². The molecule has 1 atom stereocenters. The first-order chi connectivity index (χ1) is 9.19. The van der Waals surface area contributed by atoms with Crippen LogP contribution in [0.5, 0.6) is 5.75 Å². The second-order valence-electron chi connectivity index (χ2n) is 4.91. The molecule has 0 aromatic heterocycles. The number of hydrogen-bond donors (Lipinski definition) is 1. The SMILES string of the molecule is COc1cccc(C(N)CCc2ccc(C)cc2)c1. The van der Waals surface area contributed by atoms with Gasteiger partial charge in [-0.15, -0.1) is 0 Å². The van der Waals surface area contributed by atoms with Crippen molar-refractivity contribution >= 4 is 0 Å². The fourth-order valence-electron chi connectivity index (χ4n) is 2.12. The van der Waals surface area contributed by atoms with Crippen LogP contribution in [0.2, 0.25) is 0 Å². The Bertz CT molecular complexity index is 519. The van der Waals surface area contributed by atoms with Gasteiger partial charge in [-0.2, -0.15) is 0 Å². The maximum atomic E-state index is 6.24. The lowest BCUT2D eigenvalue weighted by Gasteiger charge is -2.13. The van der Waals surface area contributed by atoms with E-state index in [4.69, 9.17) is 10.5 Å². The molecule has 2 rings (SSSR count). The smallest absolute Gasteiger partial charge is 0.119 e. The van der Waals surface area contributed by atoms with Gasteiger partial charge >= 0.3 is 0 Å². The van der Waals surface area contributed by atoms with E-state index in [2.05, 4.69) is 37.3 Å². The lowest BCUT2D eigenvalue weighted by molar-refractivity contribution is 0.413. The molecule has 2 aromatic carbocycles. The molecule has 0 aliphatic carbocycles. The third kappa shape index (κ3) is 3.83. The van der Waals surface area contributed by atoms with Crippen LogP contribution in [-0.4, -0.2) is 7.11 Å². The van der Waals surface area contributed by atoms with Gasteiger partial charge in [0, 0.05) is 6.04 Å². The number of ether oxygens (including phenoxy) is 1. The first kappa shape index (κ1) is 13.6. The van der Waals surface area contributed by atoms with E-state index in [9.17, 15) is 0 Å². The van der Waals surface area contributed by atoms with Crippen molar-refractivity contribution in [1.82, 2.24) is 0 Å². The summed E-state index contributed by atoms with van der Waals surface area (Å²) >= 11 is 0. The van der Waals surface area contributed by atoms with E-state index in [-0.39, 0.29) is 6.04 Å². The molecule has 0 amide bonds. The third-order valence-electron chi connectivity index (χ3n) is 3.39. The maximum absolute atomic E-state index is 6.24. The molecular weight excluding hydrogens is 234 g/mol. The Hall–Kier alpha value is -1.80. The highest BCUT2D eigenvalue weighted by Gasteiger charge is 2.07. The third-order valence-corrected chi connectivity index (χ3v) is 3.39. The minimum atomic E-state index is 0.0522. The molecule has 0 radical (unpaired) electrons. The van der Waals surface area contributed by atoms with Crippen molar-refractivity contribution in [2.24, 2.45) is 5.73 Å². The quantitative estimate of drug-likeness (QED) is 0.885. The fourth-order valence-corrected chi connectivity index (χ4v) is 2.12. The Balaban J connectivity index is 1.96. The summed E-state index contributed by atoms with van der Waals surface area (Å²) in [5.74, 6) is 0.864. The molecule has 0 heterocycles. The zero-order chi connectivity index (χ0) is 13.7. The molecule has 2 aromatic rings. The maximum Gasteiger partial charge on any atom is 0.119 e. The van der Waals surface area contributed by atoms with Gasteiger partial charge in [-0.05, 0) is 43.0 Å². The Kier molecular flexibility index (Phi) is 4.58. The summed E-state index contributed by atoms with van der Waals surface area (Å²) in [6, 6.07) is 16.7. The van der Waals surface area contributed by atoms with Crippen molar-refractivity contribution in [2.75, 3.05) is 7.11 Å². The van der Waals surface area contributed by atoms with Gasteiger partial charge in [0.05, 0.1) is 7.11 Å². The topological polar surface area (TPSA) is 35.2 Å². The Morgan fingerprint density at radius 1 is 1.11 bits per heavy atom. The molecule has 0 aliphatic heterocycles. The van der Waals surface area contributed by atoms with Crippen LogP contribution < -0.4 is 10.5 Å². The molecule has 2 nitrogen and oxygen atoms in total. The minimum absolute atomic E-state index is 0.0522. The van der Waals surface area contributed by atoms with E-state index in [0.717, 1.165) is 24.2 Å². The summed E-state index contributed by atoms with van der Waals surface area (Å²) in [7, 11) is 1.68. The molecular formula is C17H21NO. The molecule has 0 fully saturated rings. The summed E-state index contributed by atoms with van der Waals surface area (Å²) in [6.07, 6.45) is 1.94. The monoisotopic (exact) mass is 255 g/mol. The minimum Gasteiger partial charge on any atom is -0.497 e. The second kappa shape index (κ2) is 6.39. The van der Waals surface area contributed by atoms with E-state index in [1.165, 1.54) is 11.1 Å². The van der Waals surface area contributed by atoms with Crippen LogP contribution >= 0.6 is 0 Å². The predicted molar refractivity (Wildman–Crippen MR) is 79.4 cm³/mol. The van der Waals surface area contributed by atoms with Crippen molar-refractivity contribution in [3.05, 3.63) is 65.2 Å². The van der Waals surface area contributed by atoms with Gasteiger partial charge in [0.1, 0.15) is 5.75 Å². The molecule has 0 aliphatic rings. The second-order valence-corrected chi connectivity index (χ2v) is 4.91. The Morgan fingerprint density at radius 3 is 2.53 bits per heavy atom. The fraction of sp³-hybridized carbons (Fsp3) is 0.294. The number of benzene rings is 2. The standard InChI is InChI=1S/C17H21NO/c1-13-6-8-14(9-7-13)10-11-17(18)15-4-3-5-16(12-15)19-2/h3-9,12,17H,10-11,18H2,1-2H3. The summed E-state index contributed by atoms with van der Waals surface area (Å²) < 4.78 is 5.23. The van der Waals surface area contributed by atoms with Crippen molar-refractivity contribution in [1.29, 1.82) is 0 Å². The van der Waals surface area contributed by atoms with Crippen molar-refractivity contribution in [2.45, 2.75) is 25.8 Å². The highest BCUT2D eigenvalue weighted by molar-refractivity contribution is 5.30. The number of nitrogens with two attached hydrogens (primary N) is 1. The molecule has 1 unspecified atom stereocenters. The lowest BCUT2D eigenvalue weighted by Crippen LogP contribution is -2.11. The summed E-state index contributed by atoms with van der Waals surface area (Å²) in [4.78, 5) is 0. The highest BCUT2D eigenvalue weighted by atomic mass is 16.5. The molecule has 0 spiro atoms. The Morgan fingerprint density at radius 2 is 1.84 bits per heavy atom. The predicted octanol–water partition coefficient (Wildman–Crippen LogP) is 3.64. The lowest BCUT2D eigenvalue weighted by atomic mass is 9.99. The number of aryl methyl sites for hydroxylation is 2. The van der Waals surface area contributed by atoms with E-state index >= 15 is 0 Å². The first-order valence-electron chi connectivity index (χ1n) is 6.64. The van der Waals surface area contributed by atoms with E-state index in [1.807, 2.05) is 18.2 Å². The van der Waals surface area contributed by atoms with E-state index in [1.54, 1.807) is 7.11 Å². The normalized spacial score (nSPS) is 12.2. The molecule has 0 saturated heterocycles. The van der Waals surface area contributed by atoms with Crippen LogP contribution in [0, 0.1) is 6.92 Å². The molecule has 0 saturated carbocycles. The van der Waals surface area contributed by atoms with Gasteiger partial charge in [0.2, 0.25) is 0 Å². The van der Waals surface area contributed by atoms with Crippen molar-refractivity contribution < 1.29 is 4.74 Å². The number of rotatable bonds is 5. The van der Waals surface area contributed by atoms with Gasteiger partial charge in [-0.3, -0.25) is 0 Å². The summed E-state index contributed by atoms with van der Waals surface area (Å²) in [5.41, 5.74) is 10.0. The van der Waals surface area contributed by atoms with Crippen LogP contribution in [0.15, 0.2) is 48.5 Å². The van der Waals surface area contributed by atoms with Gasteiger partial charge in [0.15, 0.2) is 0 Å². The van der Waals surface area contributed by atoms with Gasteiger partial charge in [0.25, 0.3) is 0 Å². The zero-order valence-corrected chi connectivity index (χ0v) is 11.6. The number of methoxy groups -OCH3 is 1. The largest absolute Gasteiger partial charge is 0.497 e. The zero-order valence-electron chi connectivity index (χ0n) is 11.6.